The fourth-order valence-electron chi connectivity index (χ4n) is 7.40. The van der Waals surface area contributed by atoms with E-state index in [1.54, 1.807) is 0 Å². The Bertz CT molecular complexity index is 2710. The van der Waals surface area contributed by atoms with Crippen molar-refractivity contribution in [2.24, 2.45) is 0 Å². The van der Waals surface area contributed by atoms with Crippen LogP contribution < -0.4 is 0 Å². The quantitative estimate of drug-likeness (QED) is 0.183. The van der Waals surface area contributed by atoms with Crippen molar-refractivity contribution in [1.82, 2.24) is 9.13 Å². The van der Waals surface area contributed by atoms with Crippen LogP contribution >= 0.6 is 0 Å². The molecule has 7 aromatic carbocycles. The number of aromatic nitrogens is 2. The average molecular weight is 611 g/mol. The van der Waals surface area contributed by atoms with Crippen LogP contribution in [-0.2, 0) is 0 Å². The monoisotopic (exact) mass is 610 g/mol. The number of benzene rings is 7. The normalized spacial score (nSPS) is 11.3. The Morgan fingerprint density at radius 1 is 0.479 bits per heavy atom. The van der Waals surface area contributed by atoms with Gasteiger partial charge in [-0.15, -0.1) is 0 Å². The number of nitriles is 1. The van der Waals surface area contributed by atoms with E-state index < -0.39 is 0 Å². The molecule has 0 bridgehead atoms. The van der Waals surface area contributed by atoms with Crippen LogP contribution in [-0.4, -0.2) is 9.13 Å². The molecule has 222 valence electrons. The van der Waals surface area contributed by atoms with E-state index in [0.29, 0.717) is 11.3 Å². The first-order chi connectivity index (χ1) is 23.8. The number of rotatable bonds is 4. The van der Waals surface area contributed by atoms with Gasteiger partial charge in [0.15, 0.2) is 5.69 Å². The SMILES string of the molecule is [C-]#[N+]c1ccc(-n2c3ccccc3c3ccccc32)cc1-c1ccccc1-c1c(C#N)cccc1-n1c2ccccc2c2ccccc21. The number of hydrogen-bond acceptors (Lipinski definition) is 1. The van der Waals surface area contributed by atoms with Crippen LogP contribution in [0.1, 0.15) is 5.56 Å². The Kier molecular flexibility index (Phi) is 6.22. The molecule has 0 aliphatic rings. The number of nitrogens with zero attached hydrogens (tertiary/aromatic N) is 4. The summed E-state index contributed by atoms with van der Waals surface area (Å²) < 4.78 is 4.54. The van der Waals surface area contributed by atoms with Crippen LogP contribution in [0.15, 0.2) is 158 Å². The van der Waals surface area contributed by atoms with Crippen molar-refractivity contribution in [3.63, 3.8) is 0 Å². The van der Waals surface area contributed by atoms with Crippen LogP contribution in [0.25, 0.3) is 82.1 Å². The van der Waals surface area contributed by atoms with E-state index in [4.69, 9.17) is 6.57 Å². The largest absolute Gasteiger partial charge is 0.309 e. The lowest BCUT2D eigenvalue weighted by molar-refractivity contribution is 1.18. The summed E-state index contributed by atoms with van der Waals surface area (Å²) in [7, 11) is 0. The molecule has 0 aliphatic carbocycles. The van der Waals surface area contributed by atoms with E-state index in [0.717, 1.165) is 66.5 Å². The smallest absolute Gasteiger partial charge is 0.195 e. The maximum absolute atomic E-state index is 10.5. The summed E-state index contributed by atoms with van der Waals surface area (Å²) in [6, 6.07) is 56.4. The maximum atomic E-state index is 10.5. The van der Waals surface area contributed by atoms with E-state index in [1.165, 1.54) is 10.8 Å². The van der Waals surface area contributed by atoms with E-state index in [2.05, 4.69) is 141 Å². The first-order valence-corrected chi connectivity index (χ1v) is 15.9. The molecule has 2 heterocycles. The molecule has 9 aromatic rings. The third-order valence-electron chi connectivity index (χ3n) is 9.41. The van der Waals surface area contributed by atoms with Gasteiger partial charge in [-0.25, -0.2) is 4.85 Å². The molecule has 0 unspecified atom stereocenters. The molecule has 0 aliphatic heterocycles. The molecule has 48 heavy (non-hydrogen) atoms. The predicted octanol–water partition coefficient (Wildman–Crippen LogP) is 11.6. The second-order valence-electron chi connectivity index (χ2n) is 11.9. The number of para-hydroxylation sites is 4. The van der Waals surface area contributed by atoms with Crippen LogP contribution in [0.3, 0.4) is 0 Å². The lowest BCUT2D eigenvalue weighted by atomic mass is 9.90. The van der Waals surface area contributed by atoms with Gasteiger partial charge in [0.05, 0.1) is 46.0 Å². The van der Waals surface area contributed by atoms with Gasteiger partial charge in [0.25, 0.3) is 0 Å². The summed E-state index contributed by atoms with van der Waals surface area (Å²) >= 11 is 0. The molecular weight excluding hydrogens is 585 g/mol. The highest BCUT2D eigenvalue weighted by molar-refractivity contribution is 6.11. The lowest BCUT2D eigenvalue weighted by Crippen LogP contribution is -2.01. The van der Waals surface area contributed by atoms with Crippen molar-refractivity contribution in [3.05, 3.63) is 175 Å². The first-order valence-electron chi connectivity index (χ1n) is 15.9. The van der Waals surface area contributed by atoms with E-state index in [9.17, 15) is 5.26 Å². The zero-order chi connectivity index (χ0) is 32.2. The van der Waals surface area contributed by atoms with Gasteiger partial charge in [-0.1, -0.05) is 109 Å². The minimum absolute atomic E-state index is 0.555. The third kappa shape index (κ3) is 4.01. The summed E-state index contributed by atoms with van der Waals surface area (Å²) in [6.45, 7) is 8.19. The summed E-state index contributed by atoms with van der Waals surface area (Å²) in [5, 5.41) is 15.2. The highest BCUT2D eigenvalue weighted by Gasteiger charge is 2.22. The molecule has 4 heteroatoms. The maximum Gasteiger partial charge on any atom is 0.195 e. The molecule has 0 spiro atoms. The Morgan fingerprint density at radius 3 is 1.52 bits per heavy atom. The van der Waals surface area contributed by atoms with E-state index in [1.807, 2.05) is 36.4 Å². The molecular formula is C44H26N4. The molecule has 0 N–H and O–H groups in total. The zero-order valence-corrected chi connectivity index (χ0v) is 25.8. The summed E-state index contributed by atoms with van der Waals surface area (Å²) in [5.74, 6) is 0. The first kappa shape index (κ1) is 27.4. The van der Waals surface area contributed by atoms with Gasteiger partial charge < -0.3 is 9.13 Å². The Balaban J connectivity index is 1.34. The minimum Gasteiger partial charge on any atom is -0.309 e. The molecule has 0 atom stereocenters. The van der Waals surface area contributed by atoms with Gasteiger partial charge >= 0.3 is 0 Å². The van der Waals surface area contributed by atoms with Gasteiger partial charge in [-0.2, -0.15) is 5.26 Å². The van der Waals surface area contributed by atoms with E-state index in [-0.39, 0.29) is 0 Å². The molecule has 0 saturated carbocycles. The lowest BCUT2D eigenvalue weighted by Gasteiger charge is -2.19. The second-order valence-corrected chi connectivity index (χ2v) is 11.9. The molecule has 4 nitrogen and oxygen atoms in total. The van der Waals surface area contributed by atoms with Crippen molar-refractivity contribution < 1.29 is 0 Å². The van der Waals surface area contributed by atoms with Crippen LogP contribution in [0, 0.1) is 17.9 Å². The van der Waals surface area contributed by atoms with Gasteiger partial charge in [-0.05, 0) is 65.2 Å². The second kappa shape index (κ2) is 10.9. The molecule has 9 rings (SSSR count). The standard InChI is InChI=1S/C44H26N4/c1-46-38-26-25-30(47-39-20-8-4-15-32(39)33-16-5-9-21-40(33)47)27-37(38)31-14-2-3-19-36(31)44-29(28-45)13-12-24-43(44)48-41-22-10-6-17-34(41)35-18-7-11-23-42(35)48/h2-27H. The Hall–Kier alpha value is -6.88. The summed E-state index contributed by atoms with van der Waals surface area (Å²) in [5.41, 5.74) is 10.8. The molecule has 0 amide bonds. The van der Waals surface area contributed by atoms with Crippen molar-refractivity contribution in [3.8, 4) is 39.7 Å². The zero-order valence-electron chi connectivity index (χ0n) is 25.8. The highest BCUT2D eigenvalue weighted by atomic mass is 15.0. The topological polar surface area (TPSA) is 38.0 Å². The molecule has 0 radical (unpaired) electrons. The Labute approximate surface area is 277 Å². The molecule has 2 aromatic heterocycles. The number of fused-ring (bicyclic) bond motifs is 6. The summed E-state index contributed by atoms with van der Waals surface area (Å²) in [6.07, 6.45) is 0. The van der Waals surface area contributed by atoms with Crippen LogP contribution in [0.4, 0.5) is 5.69 Å². The van der Waals surface area contributed by atoms with E-state index >= 15 is 0 Å². The fraction of sp³-hybridized carbons (Fsp3) is 0. The van der Waals surface area contributed by atoms with Crippen molar-refractivity contribution in [2.75, 3.05) is 0 Å². The molecule has 0 saturated heterocycles. The minimum atomic E-state index is 0.555. The van der Waals surface area contributed by atoms with Gasteiger partial charge in [0.1, 0.15) is 0 Å². The van der Waals surface area contributed by atoms with Gasteiger partial charge in [0.2, 0.25) is 0 Å². The van der Waals surface area contributed by atoms with Gasteiger partial charge in [-0.3, -0.25) is 0 Å². The van der Waals surface area contributed by atoms with Gasteiger partial charge in [0, 0.05) is 32.8 Å². The fourth-order valence-corrected chi connectivity index (χ4v) is 7.40. The van der Waals surface area contributed by atoms with Crippen LogP contribution in [0.5, 0.6) is 0 Å². The van der Waals surface area contributed by atoms with Crippen LogP contribution in [0.2, 0.25) is 0 Å². The van der Waals surface area contributed by atoms with Crippen molar-refractivity contribution in [2.45, 2.75) is 0 Å². The van der Waals surface area contributed by atoms with Crippen molar-refractivity contribution >= 4 is 49.3 Å². The third-order valence-corrected chi connectivity index (χ3v) is 9.41. The number of hydrogen-bond donors (Lipinski definition) is 0. The van der Waals surface area contributed by atoms with Crippen molar-refractivity contribution in [1.29, 1.82) is 5.26 Å². The predicted molar refractivity (Wildman–Crippen MR) is 197 cm³/mol. The Morgan fingerprint density at radius 2 is 0.979 bits per heavy atom. The molecule has 0 fully saturated rings. The average Bonchev–Trinajstić information content (AvgIpc) is 3.67. The summed E-state index contributed by atoms with van der Waals surface area (Å²) in [4.78, 5) is 4.00. The highest BCUT2D eigenvalue weighted by Crippen LogP contribution is 2.44.